The first-order valence-electron chi connectivity index (χ1n) is 6.94. The molecule has 0 saturated heterocycles. The third-order valence-corrected chi connectivity index (χ3v) is 3.92. The molecule has 1 aliphatic heterocycles. The molecule has 0 fully saturated rings. The van der Waals surface area contributed by atoms with Crippen molar-refractivity contribution in [2.24, 2.45) is 0 Å². The van der Waals surface area contributed by atoms with E-state index in [1.807, 2.05) is 0 Å². The Morgan fingerprint density at radius 2 is 1.41 bits per heavy atom. The van der Waals surface area contributed by atoms with Gasteiger partial charge in [-0.3, -0.25) is 14.5 Å². The second-order valence-corrected chi connectivity index (χ2v) is 5.30. The van der Waals surface area contributed by atoms with Crippen molar-refractivity contribution in [1.29, 1.82) is 0 Å². The highest BCUT2D eigenvalue weighted by Crippen LogP contribution is 2.30. The Bertz CT molecular complexity index is 704. The Kier molecular flexibility index (Phi) is 3.42. The third-order valence-electron chi connectivity index (χ3n) is 3.92. The molecule has 2 N–H and O–H groups in total. The maximum absolute atomic E-state index is 12.4. The smallest absolute Gasteiger partial charge is 0.261 e. The topological polar surface area (TPSA) is 77.8 Å². The number of hydrogen-bond acceptors (Lipinski definition) is 4. The van der Waals surface area contributed by atoms with Crippen molar-refractivity contribution >= 4 is 11.8 Å². The van der Waals surface area contributed by atoms with Crippen LogP contribution in [0.15, 0.2) is 48.5 Å². The predicted molar refractivity (Wildman–Crippen MR) is 79.5 cm³/mol. The van der Waals surface area contributed by atoms with E-state index in [1.54, 1.807) is 43.3 Å². The molecule has 2 amide bonds. The van der Waals surface area contributed by atoms with Gasteiger partial charge >= 0.3 is 0 Å². The van der Waals surface area contributed by atoms with E-state index >= 15 is 0 Å². The maximum atomic E-state index is 12.4. The lowest BCUT2D eigenvalue weighted by Gasteiger charge is -2.27. The standard InChI is InChI=1S/C17H15NO4/c1-10(15(20)11-6-8-12(19)9-7-11)18-16(21)13-4-2-3-5-14(13)17(18)22/h2-10,15,19-20H,1H3/t10-,15-/m0/s1. The fourth-order valence-electron chi connectivity index (χ4n) is 2.67. The second kappa shape index (κ2) is 5.27. The summed E-state index contributed by atoms with van der Waals surface area (Å²) in [5.74, 6) is -0.707. The molecule has 0 unspecified atom stereocenters. The number of aliphatic hydroxyl groups is 1. The molecule has 0 saturated carbocycles. The number of aromatic hydroxyl groups is 1. The van der Waals surface area contributed by atoms with E-state index < -0.39 is 24.0 Å². The number of carbonyl (C=O) groups is 2. The van der Waals surface area contributed by atoms with E-state index in [0.717, 1.165) is 4.90 Å². The van der Waals surface area contributed by atoms with Gasteiger partial charge in [-0.1, -0.05) is 24.3 Å². The van der Waals surface area contributed by atoms with Gasteiger partial charge in [0.1, 0.15) is 5.75 Å². The molecule has 2 aromatic carbocycles. The largest absolute Gasteiger partial charge is 0.508 e. The van der Waals surface area contributed by atoms with Gasteiger partial charge in [0.15, 0.2) is 0 Å². The van der Waals surface area contributed by atoms with E-state index in [2.05, 4.69) is 0 Å². The van der Waals surface area contributed by atoms with Crippen LogP contribution in [-0.2, 0) is 0 Å². The summed E-state index contributed by atoms with van der Waals surface area (Å²) in [5.41, 5.74) is 1.25. The fraction of sp³-hybridized carbons (Fsp3) is 0.176. The van der Waals surface area contributed by atoms with Crippen LogP contribution in [-0.4, -0.2) is 33.0 Å². The Hall–Kier alpha value is -2.66. The minimum Gasteiger partial charge on any atom is -0.508 e. The first-order chi connectivity index (χ1) is 10.5. The summed E-state index contributed by atoms with van der Waals surface area (Å²) >= 11 is 0. The van der Waals surface area contributed by atoms with Gasteiger partial charge in [-0.15, -0.1) is 0 Å². The van der Waals surface area contributed by atoms with Gasteiger partial charge in [0.25, 0.3) is 11.8 Å². The molecular weight excluding hydrogens is 282 g/mol. The Balaban J connectivity index is 1.90. The summed E-state index contributed by atoms with van der Waals surface area (Å²) in [6.07, 6.45) is -1.03. The number of imide groups is 1. The average molecular weight is 297 g/mol. The van der Waals surface area contributed by atoms with Gasteiger partial charge in [0.05, 0.1) is 23.3 Å². The van der Waals surface area contributed by atoms with E-state index in [1.165, 1.54) is 12.1 Å². The van der Waals surface area contributed by atoms with Crippen molar-refractivity contribution in [2.75, 3.05) is 0 Å². The number of hydrogen-bond donors (Lipinski definition) is 2. The van der Waals surface area contributed by atoms with Crippen LogP contribution in [0.25, 0.3) is 0 Å². The molecule has 112 valence electrons. The molecule has 2 aromatic rings. The molecule has 0 aromatic heterocycles. The molecule has 0 aliphatic carbocycles. The minimum absolute atomic E-state index is 0.0873. The van der Waals surface area contributed by atoms with E-state index in [-0.39, 0.29) is 5.75 Å². The van der Waals surface area contributed by atoms with E-state index in [4.69, 9.17) is 0 Å². The summed E-state index contributed by atoms with van der Waals surface area (Å²) in [6.45, 7) is 1.62. The van der Waals surface area contributed by atoms with Crippen LogP contribution < -0.4 is 0 Å². The molecule has 5 heteroatoms. The molecule has 3 rings (SSSR count). The molecule has 1 aliphatic rings. The van der Waals surface area contributed by atoms with Gasteiger partial charge in [-0.2, -0.15) is 0 Å². The molecule has 0 radical (unpaired) electrons. The molecule has 2 atom stereocenters. The SMILES string of the molecule is C[C@@H]([C@H](O)c1ccc(O)cc1)N1C(=O)c2ccccc2C1=O. The second-order valence-electron chi connectivity index (χ2n) is 5.30. The van der Waals surface area contributed by atoms with Crippen LogP contribution in [0, 0.1) is 0 Å². The Labute approximate surface area is 127 Å². The highest BCUT2D eigenvalue weighted by atomic mass is 16.3. The number of nitrogens with zero attached hydrogens (tertiary/aromatic N) is 1. The Morgan fingerprint density at radius 3 is 1.91 bits per heavy atom. The van der Waals surface area contributed by atoms with Crippen LogP contribution in [0.1, 0.15) is 39.3 Å². The number of phenolic OH excluding ortho intramolecular Hbond substituents is 1. The monoisotopic (exact) mass is 297 g/mol. The van der Waals surface area contributed by atoms with Crippen LogP contribution in [0.2, 0.25) is 0 Å². The lowest BCUT2D eigenvalue weighted by atomic mass is 10.0. The van der Waals surface area contributed by atoms with Gasteiger partial charge in [0, 0.05) is 0 Å². The third kappa shape index (κ3) is 2.16. The summed E-state index contributed by atoms with van der Waals surface area (Å²) < 4.78 is 0. The number of benzene rings is 2. The average Bonchev–Trinajstić information content (AvgIpc) is 2.79. The summed E-state index contributed by atoms with van der Waals surface area (Å²) in [4.78, 5) is 25.9. The zero-order chi connectivity index (χ0) is 15.9. The van der Waals surface area contributed by atoms with Gasteiger partial charge in [-0.25, -0.2) is 0 Å². The van der Waals surface area contributed by atoms with Crippen molar-refractivity contribution in [1.82, 2.24) is 4.90 Å². The summed E-state index contributed by atoms with van der Waals surface area (Å²) in [6, 6.07) is 11.9. The van der Waals surface area contributed by atoms with Crippen molar-refractivity contribution in [2.45, 2.75) is 19.1 Å². The highest BCUT2D eigenvalue weighted by molar-refractivity contribution is 6.21. The van der Waals surface area contributed by atoms with Crippen LogP contribution in [0.4, 0.5) is 0 Å². The van der Waals surface area contributed by atoms with Crippen LogP contribution >= 0.6 is 0 Å². The van der Waals surface area contributed by atoms with Gasteiger partial charge < -0.3 is 10.2 Å². The van der Waals surface area contributed by atoms with E-state index in [0.29, 0.717) is 16.7 Å². The molecule has 22 heavy (non-hydrogen) atoms. The summed E-state index contributed by atoms with van der Waals surface area (Å²) in [7, 11) is 0. The molecule has 5 nitrogen and oxygen atoms in total. The quantitative estimate of drug-likeness (QED) is 0.851. The van der Waals surface area contributed by atoms with Gasteiger partial charge in [0.2, 0.25) is 0 Å². The maximum Gasteiger partial charge on any atom is 0.261 e. The number of rotatable bonds is 3. The lowest BCUT2D eigenvalue weighted by Crippen LogP contribution is -2.41. The van der Waals surface area contributed by atoms with Crippen molar-refractivity contribution in [3.05, 3.63) is 65.2 Å². The fourth-order valence-corrected chi connectivity index (χ4v) is 2.67. The number of amides is 2. The highest BCUT2D eigenvalue weighted by Gasteiger charge is 2.40. The molecule has 0 spiro atoms. The zero-order valence-corrected chi connectivity index (χ0v) is 11.9. The molecular formula is C17H15NO4. The first kappa shape index (κ1) is 14.3. The number of phenols is 1. The first-order valence-corrected chi connectivity index (χ1v) is 6.94. The summed E-state index contributed by atoms with van der Waals surface area (Å²) in [5, 5.41) is 19.7. The van der Waals surface area contributed by atoms with Crippen LogP contribution in [0.3, 0.4) is 0 Å². The van der Waals surface area contributed by atoms with Crippen molar-refractivity contribution in [3.8, 4) is 5.75 Å². The van der Waals surface area contributed by atoms with E-state index in [9.17, 15) is 19.8 Å². The van der Waals surface area contributed by atoms with Gasteiger partial charge in [-0.05, 0) is 36.8 Å². The normalized spacial score (nSPS) is 16.5. The number of aliphatic hydroxyl groups excluding tert-OH is 1. The van der Waals surface area contributed by atoms with Crippen molar-refractivity contribution < 1.29 is 19.8 Å². The number of carbonyl (C=O) groups excluding carboxylic acids is 2. The predicted octanol–water partition coefficient (Wildman–Crippen LogP) is 2.11. The number of fused-ring (bicyclic) bond motifs is 1. The Morgan fingerprint density at radius 1 is 0.909 bits per heavy atom. The molecule has 1 heterocycles. The van der Waals surface area contributed by atoms with Crippen LogP contribution in [0.5, 0.6) is 5.75 Å². The van der Waals surface area contributed by atoms with Crippen molar-refractivity contribution in [3.63, 3.8) is 0 Å². The lowest BCUT2D eigenvalue weighted by molar-refractivity contribution is 0.0376. The molecule has 0 bridgehead atoms. The zero-order valence-electron chi connectivity index (χ0n) is 11.9. The minimum atomic E-state index is -1.03.